The molecule has 92 valence electrons. The van der Waals surface area contributed by atoms with Crippen molar-refractivity contribution in [2.75, 3.05) is 0 Å². The van der Waals surface area contributed by atoms with E-state index in [0.717, 1.165) is 17.8 Å². The van der Waals surface area contributed by atoms with Gasteiger partial charge in [0.05, 0.1) is 17.6 Å². The average Bonchev–Trinajstić information content (AvgIpc) is 2.78. The van der Waals surface area contributed by atoms with E-state index < -0.39 is 11.4 Å². The molecule has 2 aromatic heterocycles. The zero-order chi connectivity index (χ0) is 12.6. The van der Waals surface area contributed by atoms with Gasteiger partial charge in [0.2, 0.25) is 0 Å². The Morgan fingerprint density at radius 2 is 2.17 bits per heavy atom. The van der Waals surface area contributed by atoms with E-state index in [4.69, 9.17) is 0 Å². The highest BCUT2D eigenvalue weighted by Gasteiger charge is 2.48. The van der Waals surface area contributed by atoms with Crippen LogP contribution in [0.4, 0.5) is 0 Å². The minimum absolute atomic E-state index is 0.543. The van der Waals surface area contributed by atoms with Crippen LogP contribution < -0.4 is 0 Å². The molecule has 0 unspecified atom stereocenters. The molecule has 5 nitrogen and oxygen atoms in total. The first-order valence-electron chi connectivity index (χ1n) is 5.93. The summed E-state index contributed by atoms with van der Waals surface area (Å²) >= 11 is 0. The summed E-state index contributed by atoms with van der Waals surface area (Å²) in [5, 5.41) is 9.34. The van der Waals surface area contributed by atoms with E-state index in [0.29, 0.717) is 18.7 Å². The normalized spacial score (nSPS) is 17.1. The molecule has 0 amide bonds. The largest absolute Gasteiger partial charge is 0.480 e. The topological polar surface area (TPSA) is 78.9 Å². The van der Waals surface area contributed by atoms with Crippen LogP contribution in [0, 0.1) is 0 Å². The summed E-state index contributed by atoms with van der Waals surface area (Å²) in [6, 6.07) is 5.59. The van der Waals surface area contributed by atoms with Crippen LogP contribution in [0.1, 0.15) is 25.1 Å². The van der Waals surface area contributed by atoms with Crippen LogP contribution in [0.5, 0.6) is 0 Å². The van der Waals surface area contributed by atoms with Crippen molar-refractivity contribution < 1.29 is 9.90 Å². The number of H-pyrrole nitrogens is 1. The molecule has 2 aromatic rings. The van der Waals surface area contributed by atoms with E-state index in [-0.39, 0.29) is 0 Å². The lowest BCUT2D eigenvalue weighted by atomic mass is 9.68. The molecule has 1 fully saturated rings. The van der Waals surface area contributed by atoms with Crippen LogP contribution in [0.3, 0.4) is 0 Å². The SMILES string of the molecule is O=C(O)C1(c2ncc(-c3ccccn3)[nH]2)CCC1. The first kappa shape index (κ1) is 11.0. The number of pyridine rings is 1. The monoisotopic (exact) mass is 243 g/mol. The summed E-state index contributed by atoms with van der Waals surface area (Å²) in [6.45, 7) is 0. The summed E-state index contributed by atoms with van der Waals surface area (Å²) in [5.41, 5.74) is 0.724. The molecule has 18 heavy (non-hydrogen) atoms. The minimum Gasteiger partial charge on any atom is -0.480 e. The maximum atomic E-state index is 11.4. The Morgan fingerprint density at radius 3 is 2.72 bits per heavy atom. The highest BCUT2D eigenvalue weighted by atomic mass is 16.4. The Kier molecular flexibility index (Phi) is 2.40. The van der Waals surface area contributed by atoms with Crippen molar-refractivity contribution in [1.29, 1.82) is 0 Å². The van der Waals surface area contributed by atoms with Crippen molar-refractivity contribution in [2.24, 2.45) is 0 Å². The fraction of sp³-hybridized carbons (Fsp3) is 0.308. The summed E-state index contributed by atoms with van der Waals surface area (Å²) in [6.07, 6.45) is 5.59. The number of aromatic amines is 1. The first-order chi connectivity index (χ1) is 8.72. The molecule has 0 atom stereocenters. The van der Waals surface area contributed by atoms with Gasteiger partial charge in [0, 0.05) is 6.20 Å². The van der Waals surface area contributed by atoms with E-state index in [1.807, 2.05) is 18.2 Å². The molecule has 0 saturated heterocycles. The van der Waals surface area contributed by atoms with Crippen LogP contribution in [0.25, 0.3) is 11.4 Å². The Balaban J connectivity index is 1.97. The molecule has 5 heteroatoms. The predicted molar refractivity (Wildman–Crippen MR) is 65.0 cm³/mol. The van der Waals surface area contributed by atoms with Gasteiger partial charge in [-0.3, -0.25) is 9.78 Å². The molecule has 0 aliphatic heterocycles. The quantitative estimate of drug-likeness (QED) is 0.863. The molecular weight excluding hydrogens is 230 g/mol. The lowest BCUT2D eigenvalue weighted by Gasteiger charge is -2.35. The van der Waals surface area contributed by atoms with Crippen LogP contribution in [0.15, 0.2) is 30.6 Å². The average molecular weight is 243 g/mol. The van der Waals surface area contributed by atoms with Crippen molar-refractivity contribution in [3.63, 3.8) is 0 Å². The van der Waals surface area contributed by atoms with Crippen molar-refractivity contribution in [1.82, 2.24) is 15.0 Å². The molecule has 0 aromatic carbocycles. The zero-order valence-corrected chi connectivity index (χ0v) is 9.76. The number of nitrogens with zero attached hydrogens (tertiary/aromatic N) is 2. The van der Waals surface area contributed by atoms with Crippen molar-refractivity contribution >= 4 is 5.97 Å². The van der Waals surface area contributed by atoms with Gasteiger partial charge in [0.15, 0.2) is 0 Å². The number of carbonyl (C=O) groups is 1. The molecule has 0 bridgehead atoms. The number of nitrogens with one attached hydrogen (secondary N) is 1. The van der Waals surface area contributed by atoms with Gasteiger partial charge in [0.25, 0.3) is 0 Å². The Hall–Kier alpha value is -2.17. The summed E-state index contributed by atoms with van der Waals surface area (Å²) in [5.74, 6) is -0.252. The second-order valence-electron chi connectivity index (χ2n) is 4.60. The summed E-state index contributed by atoms with van der Waals surface area (Å²) < 4.78 is 0. The smallest absolute Gasteiger partial charge is 0.317 e. The highest BCUT2D eigenvalue weighted by molar-refractivity contribution is 5.81. The van der Waals surface area contributed by atoms with Crippen molar-refractivity contribution in [3.8, 4) is 11.4 Å². The third-order valence-corrected chi connectivity index (χ3v) is 3.59. The third-order valence-electron chi connectivity index (χ3n) is 3.59. The summed E-state index contributed by atoms with van der Waals surface area (Å²) in [4.78, 5) is 22.9. The molecule has 2 heterocycles. The van der Waals surface area contributed by atoms with E-state index in [1.165, 1.54) is 0 Å². The molecule has 1 aliphatic carbocycles. The second kappa shape index (κ2) is 3.94. The van der Waals surface area contributed by atoms with Gasteiger partial charge in [-0.1, -0.05) is 12.5 Å². The lowest BCUT2D eigenvalue weighted by Crippen LogP contribution is -2.43. The van der Waals surface area contributed by atoms with Crippen molar-refractivity contribution in [2.45, 2.75) is 24.7 Å². The molecule has 0 radical (unpaired) electrons. The van der Waals surface area contributed by atoms with E-state index in [9.17, 15) is 9.90 Å². The van der Waals surface area contributed by atoms with Crippen LogP contribution in [-0.2, 0) is 10.2 Å². The number of hydrogen-bond donors (Lipinski definition) is 2. The van der Waals surface area contributed by atoms with Gasteiger partial charge in [-0.15, -0.1) is 0 Å². The Bertz CT molecular complexity index is 573. The van der Waals surface area contributed by atoms with Gasteiger partial charge in [-0.2, -0.15) is 0 Å². The van der Waals surface area contributed by atoms with Gasteiger partial charge >= 0.3 is 5.97 Å². The Morgan fingerprint density at radius 1 is 1.33 bits per heavy atom. The van der Waals surface area contributed by atoms with E-state index >= 15 is 0 Å². The Labute approximate surface area is 104 Å². The number of rotatable bonds is 3. The van der Waals surface area contributed by atoms with E-state index in [2.05, 4.69) is 15.0 Å². The standard InChI is InChI=1S/C13H13N3O2/c17-12(18)13(5-3-6-13)11-15-8-10(16-11)9-4-1-2-7-14-9/h1-2,4,7-8H,3,5-6H2,(H,15,16)(H,17,18). The molecule has 2 N–H and O–H groups in total. The van der Waals surface area contributed by atoms with Crippen LogP contribution in [-0.4, -0.2) is 26.0 Å². The van der Waals surface area contributed by atoms with Gasteiger partial charge in [-0.05, 0) is 25.0 Å². The number of carboxylic acids is 1. The molecule has 1 saturated carbocycles. The first-order valence-corrected chi connectivity index (χ1v) is 5.93. The van der Waals surface area contributed by atoms with Gasteiger partial charge in [-0.25, -0.2) is 4.98 Å². The molecule has 0 spiro atoms. The fourth-order valence-corrected chi connectivity index (χ4v) is 2.30. The zero-order valence-electron chi connectivity index (χ0n) is 9.76. The number of imidazole rings is 1. The minimum atomic E-state index is -0.812. The molecule has 1 aliphatic rings. The van der Waals surface area contributed by atoms with Crippen LogP contribution in [0.2, 0.25) is 0 Å². The van der Waals surface area contributed by atoms with Crippen LogP contribution >= 0.6 is 0 Å². The summed E-state index contributed by atoms with van der Waals surface area (Å²) in [7, 11) is 0. The maximum Gasteiger partial charge on any atom is 0.317 e. The number of carboxylic acid groups (broad SMARTS) is 1. The molecular formula is C13H13N3O2. The van der Waals surface area contributed by atoms with Gasteiger partial charge in [0.1, 0.15) is 11.2 Å². The number of hydrogen-bond acceptors (Lipinski definition) is 3. The van der Waals surface area contributed by atoms with E-state index in [1.54, 1.807) is 12.4 Å². The third kappa shape index (κ3) is 1.51. The second-order valence-corrected chi connectivity index (χ2v) is 4.60. The van der Waals surface area contributed by atoms with Crippen molar-refractivity contribution in [3.05, 3.63) is 36.4 Å². The maximum absolute atomic E-state index is 11.4. The van der Waals surface area contributed by atoms with Gasteiger partial charge < -0.3 is 10.1 Å². The predicted octanol–water partition coefficient (Wildman–Crippen LogP) is 1.98. The number of aliphatic carboxylic acids is 1. The lowest BCUT2D eigenvalue weighted by molar-refractivity contribution is -0.147. The highest BCUT2D eigenvalue weighted by Crippen LogP contribution is 2.42. The number of aromatic nitrogens is 3. The fourth-order valence-electron chi connectivity index (χ4n) is 2.30. The molecule has 3 rings (SSSR count).